The van der Waals surface area contributed by atoms with Crippen molar-refractivity contribution in [3.8, 4) is 11.6 Å². The minimum Gasteiger partial charge on any atom is -0.437 e. The van der Waals surface area contributed by atoms with E-state index < -0.39 is 0 Å². The first-order valence-corrected chi connectivity index (χ1v) is 10.6. The summed E-state index contributed by atoms with van der Waals surface area (Å²) >= 11 is 0. The van der Waals surface area contributed by atoms with Gasteiger partial charge in [0.05, 0.1) is 16.7 Å². The summed E-state index contributed by atoms with van der Waals surface area (Å²) in [5.74, 6) is 1.92. The fraction of sp³-hybridized carbons (Fsp3) is 0.292. The molecule has 6 heteroatoms. The molecule has 2 N–H and O–H groups in total. The first kappa shape index (κ1) is 24.6. The van der Waals surface area contributed by atoms with Crippen molar-refractivity contribution in [2.75, 3.05) is 5.32 Å². The molecule has 0 radical (unpaired) electrons. The van der Waals surface area contributed by atoms with Gasteiger partial charge in [-0.1, -0.05) is 53.7 Å². The molecular formula is C24H33N5O. The lowest BCUT2D eigenvalue weighted by molar-refractivity contribution is 0.455. The van der Waals surface area contributed by atoms with Gasteiger partial charge in [-0.25, -0.2) is 9.97 Å². The molecule has 0 aliphatic heterocycles. The Morgan fingerprint density at radius 2 is 1.43 bits per heavy atom. The van der Waals surface area contributed by atoms with E-state index >= 15 is 0 Å². The Morgan fingerprint density at radius 1 is 0.800 bits per heavy atom. The molecule has 6 nitrogen and oxygen atoms in total. The lowest BCUT2D eigenvalue weighted by Crippen LogP contribution is -1.94. The van der Waals surface area contributed by atoms with Gasteiger partial charge in [0, 0.05) is 18.1 Å². The van der Waals surface area contributed by atoms with Gasteiger partial charge in [0.25, 0.3) is 0 Å². The molecule has 0 aliphatic carbocycles. The highest BCUT2D eigenvalue weighted by atomic mass is 16.5. The Hall–Kier alpha value is -3.41. The molecule has 2 heterocycles. The summed E-state index contributed by atoms with van der Waals surface area (Å²) in [6.45, 7) is 13.9. The molecule has 0 unspecified atom stereocenters. The van der Waals surface area contributed by atoms with E-state index in [0.29, 0.717) is 17.6 Å². The number of ether oxygens (including phenoxy) is 1. The van der Waals surface area contributed by atoms with Crippen LogP contribution in [0.5, 0.6) is 11.6 Å². The molecule has 0 fully saturated rings. The molecule has 160 valence electrons. The number of aryl methyl sites for hydroxylation is 1. The van der Waals surface area contributed by atoms with E-state index in [2.05, 4.69) is 25.3 Å². The van der Waals surface area contributed by atoms with Gasteiger partial charge in [-0.15, -0.1) is 0 Å². The zero-order valence-corrected chi connectivity index (χ0v) is 19.0. The number of para-hydroxylation sites is 2. The van der Waals surface area contributed by atoms with Crippen LogP contribution in [0, 0.1) is 6.92 Å². The molecule has 0 spiro atoms. The van der Waals surface area contributed by atoms with Gasteiger partial charge in [0.2, 0.25) is 11.8 Å². The van der Waals surface area contributed by atoms with E-state index in [1.54, 1.807) is 12.4 Å². The van der Waals surface area contributed by atoms with Crippen molar-refractivity contribution >= 4 is 22.7 Å². The maximum atomic E-state index is 5.74. The molecule has 4 aromatic rings. The molecule has 2 aromatic heterocycles. The first-order valence-electron chi connectivity index (χ1n) is 10.6. The summed E-state index contributed by atoms with van der Waals surface area (Å²) in [4.78, 5) is 16.1. The number of rotatable bonds is 4. The molecule has 0 aliphatic rings. The van der Waals surface area contributed by atoms with Crippen LogP contribution in [-0.4, -0.2) is 19.9 Å². The van der Waals surface area contributed by atoms with Crippen LogP contribution in [0.15, 0.2) is 60.9 Å². The summed E-state index contributed by atoms with van der Waals surface area (Å²) < 4.78 is 5.74. The van der Waals surface area contributed by atoms with Gasteiger partial charge in [-0.3, -0.25) is 4.98 Å². The van der Waals surface area contributed by atoms with E-state index in [9.17, 15) is 0 Å². The van der Waals surface area contributed by atoms with E-state index in [4.69, 9.17) is 4.74 Å². The fourth-order valence-electron chi connectivity index (χ4n) is 2.36. The number of aromatic amines is 1. The lowest BCUT2D eigenvalue weighted by atomic mass is 10.3. The van der Waals surface area contributed by atoms with Crippen LogP contribution in [0.2, 0.25) is 0 Å². The highest BCUT2D eigenvalue weighted by molar-refractivity contribution is 5.78. The summed E-state index contributed by atoms with van der Waals surface area (Å²) in [5, 5.41) is 3.25. The van der Waals surface area contributed by atoms with Gasteiger partial charge >= 0.3 is 0 Å². The fourth-order valence-corrected chi connectivity index (χ4v) is 2.36. The number of imidazole rings is 1. The molecular weight excluding hydrogens is 374 g/mol. The zero-order valence-electron chi connectivity index (χ0n) is 19.0. The van der Waals surface area contributed by atoms with Gasteiger partial charge < -0.3 is 15.0 Å². The number of hydrogen-bond donors (Lipinski definition) is 2. The smallest absolute Gasteiger partial charge is 0.240 e. The number of nitrogens with one attached hydrogen (secondary N) is 2. The van der Waals surface area contributed by atoms with Crippen molar-refractivity contribution in [3.63, 3.8) is 0 Å². The van der Waals surface area contributed by atoms with Crippen LogP contribution in [-0.2, 0) is 0 Å². The molecule has 0 amide bonds. The average Bonchev–Trinajstić information content (AvgIpc) is 3.23. The van der Waals surface area contributed by atoms with Crippen LogP contribution < -0.4 is 10.1 Å². The maximum absolute atomic E-state index is 5.74. The topological polar surface area (TPSA) is 75.7 Å². The van der Waals surface area contributed by atoms with Crippen LogP contribution in [0.3, 0.4) is 0 Å². The second-order valence-electron chi connectivity index (χ2n) is 5.30. The summed E-state index contributed by atoms with van der Waals surface area (Å²) in [6, 6.07) is 15.5. The van der Waals surface area contributed by atoms with Crippen molar-refractivity contribution in [1.29, 1.82) is 0 Å². The van der Waals surface area contributed by atoms with Gasteiger partial charge in [0.15, 0.2) is 0 Å². The van der Waals surface area contributed by atoms with Crippen molar-refractivity contribution in [3.05, 3.63) is 66.6 Å². The summed E-state index contributed by atoms with van der Waals surface area (Å²) in [6.07, 6.45) is 3.25. The Kier molecular flexibility index (Phi) is 11.3. The van der Waals surface area contributed by atoms with Gasteiger partial charge in [0.1, 0.15) is 5.75 Å². The third-order valence-electron chi connectivity index (χ3n) is 3.56. The number of aromatic nitrogens is 4. The number of nitrogens with zero attached hydrogens (tertiary/aromatic N) is 3. The normalized spacial score (nSPS) is 9.17. The predicted octanol–water partition coefficient (Wildman–Crippen LogP) is 7.28. The predicted molar refractivity (Wildman–Crippen MR) is 127 cm³/mol. The monoisotopic (exact) mass is 407 g/mol. The van der Waals surface area contributed by atoms with E-state index in [0.717, 1.165) is 22.4 Å². The van der Waals surface area contributed by atoms with E-state index in [1.165, 1.54) is 0 Å². The standard InChI is InChI=1S/C18H15N5O.3C2H6/c1-12-17(20-11-10-19-12)24-14-8-6-13(7-9-14)21-18-22-15-4-2-3-5-16(15)23-18;3*1-2/h2-11H,1H3,(H2,21,22,23);3*1-2H3. The molecule has 4 rings (SSSR count). The molecule has 0 bridgehead atoms. The highest BCUT2D eigenvalue weighted by Crippen LogP contribution is 2.24. The summed E-state index contributed by atoms with van der Waals surface area (Å²) in [5.41, 5.74) is 3.59. The minimum atomic E-state index is 0.510. The Balaban J connectivity index is 0.000000691. The van der Waals surface area contributed by atoms with Crippen molar-refractivity contribution in [2.24, 2.45) is 0 Å². The third-order valence-corrected chi connectivity index (χ3v) is 3.56. The van der Waals surface area contributed by atoms with Crippen LogP contribution in [0.4, 0.5) is 11.6 Å². The maximum Gasteiger partial charge on any atom is 0.240 e. The van der Waals surface area contributed by atoms with Crippen LogP contribution in [0.25, 0.3) is 11.0 Å². The minimum absolute atomic E-state index is 0.510. The van der Waals surface area contributed by atoms with Crippen molar-refractivity contribution in [1.82, 2.24) is 19.9 Å². The van der Waals surface area contributed by atoms with Crippen LogP contribution >= 0.6 is 0 Å². The SMILES string of the molecule is CC.CC.CC.Cc1nccnc1Oc1ccc(Nc2nc3ccccc3[nH]2)cc1. The van der Waals surface area contributed by atoms with Gasteiger partial charge in [-0.2, -0.15) is 0 Å². The summed E-state index contributed by atoms with van der Waals surface area (Å²) in [7, 11) is 0. The van der Waals surface area contributed by atoms with Crippen molar-refractivity contribution in [2.45, 2.75) is 48.5 Å². The Bertz CT molecular complexity index is 947. The lowest BCUT2D eigenvalue weighted by Gasteiger charge is -2.07. The molecule has 2 aromatic carbocycles. The Labute approximate surface area is 179 Å². The second-order valence-corrected chi connectivity index (χ2v) is 5.30. The molecule has 0 saturated carbocycles. The van der Waals surface area contributed by atoms with Crippen LogP contribution in [0.1, 0.15) is 47.2 Å². The number of anilines is 2. The second kappa shape index (κ2) is 13.7. The number of H-pyrrole nitrogens is 1. The average molecular weight is 408 g/mol. The quantitative estimate of drug-likeness (QED) is 0.372. The third kappa shape index (κ3) is 6.88. The number of fused-ring (bicyclic) bond motifs is 1. The van der Waals surface area contributed by atoms with E-state index in [-0.39, 0.29) is 0 Å². The molecule has 0 atom stereocenters. The molecule has 30 heavy (non-hydrogen) atoms. The number of hydrogen-bond acceptors (Lipinski definition) is 5. The zero-order chi connectivity index (χ0) is 22.4. The highest BCUT2D eigenvalue weighted by Gasteiger charge is 2.05. The first-order chi connectivity index (χ1) is 14.8. The molecule has 0 saturated heterocycles. The largest absolute Gasteiger partial charge is 0.437 e. The Morgan fingerprint density at radius 3 is 2.07 bits per heavy atom. The van der Waals surface area contributed by atoms with Crippen molar-refractivity contribution < 1.29 is 4.74 Å². The number of benzene rings is 2. The van der Waals surface area contributed by atoms with E-state index in [1.807, 2.05) is 97.0 Å². The van der Waals surface area contributed by atoms with Gasteiger partial charge in [-0.05, 0) is 43.3 Å².